The summed E-state index contributed by atoms with van der Waals surface area (Å²) >= 11 is 0. The van der Waals surface area contributed by atoms with Crippen LogP contribution in [0.2, 0.25) is 0 Å². The lowest BCUT2D eigenvalue weighted by atomic mass is 10.3. The Hall–Kier alpha value is -1.32. The third kappa shape index (κ3) is 4.59. The summed E-state index contributed by atoms with van der Waals surface area (Å²) in [4.78, 5) is -0.00788. The van der Waals surface area contributed by atoms with Gasteiger partial charge in [0.25, 0.3) is 0 Å². The standard InChI is InChI=1S/C13H22N2O5S2/c1-5-6-9-21(16,17)14-12-10-11(7-8-13(12)20-4)22(18,19)15(2)3/h7-8,10,14H,5-6,9H2,1-4H3. The summed E-state index contributed by atoms with van der Waals surface area (Å²) in [6.45, 7) is 1.89. The highest BCUT2D eigenvalue weighted by Crippen LogP contribution is 2.29. The van der Waals surface area contributed by atoms with E-state index in [1.165, 1.54) is 39.4 Å². The Morgan fingerprint density at radius 3 is 2.32 bits per heavy atom. The van der Waals surface area contributed by atoms with E-state index >= 15 is 0 Å². The van der Waals surface area contributed by atoms with Crippen molar-refractivity contribution in [3.8, 4) is 5.75 Å². The highest BCUT2D eigenvalue weighted by molar-refractivity contribution is 7.92. The molecule has 7 nitrogen and oxygen atoms in total. The zero-order chi connectivity index (χ0) is 17.0. The van der Waals surface area contributed by atoms with Crippen LogP contribution in [0.15, 0.2) is 23.1 Å². The summed E-state index contributed by atoms with van der Waals surface area (Å²) in [6, 6.07) is 4.06. The van der Waals surface area contributed by atoms with Gasteiger partial charge in [0.1, 0.15) is 5.75 Å². The topological polar surface area (TPSA) is 92.8 Å². The van der Waals surface area contributed by atoms with Gasteiger partial charge in [0.05, 0.1) is 23.4 Å². The van der Waals surface area contributed by atoms with Crippen LogP contribution in [0.1, 0.15) is 19.8 Å². The van der Waals surface area contributed by atoms with Crippen LogP contribution in [-0.4, -0.2) is 48.1 Å². The molecule has 0 bridgehead atoms. The average Bonchev–Trinajstić information content (AvgIpc) is 2.44. The molecule has 1 N–H and O–H groups in total. The normalized spacial score (nSPS) is 12.4. The molecule has 1 aromatic rings. The van der Waals surface area contributed by atoms with Gasteiger partial charge in [0, 0.05) is 14.1 Å². The number of nitrogens with zero attached hydrogens (tertiary/aromatic N) is 1. The molecular weight excluding hydrogens is 328 g/mol. The predicted molar refractivity (Wildman–Crippen MR) is 86.2 cm³/mol. The average molecular weight is 350 g/mol. The van der Waals surface area contributed by atoms with Gasteiger partial charge in [-0.1, -0.05) is 13.3 Å². The summed E-state index contributed by atoms with van der Waals surface area (Å²) in [5.74, 6) is 0.231. The van der Waals surface area contributed by atoms with Crippen LogP contribution in [0.4, 0.5) is 5.69 Å². The fraction of sp³-hybridized carbons (Fsp3) is 0.538. The van der Waals surface area contributed by atoms with E-state index in [1.54, 1.807) is 0 Å². The SMILES string of the molecule is CCCCS(=O)(=O)Nc1cc(S(=O)(=O)N(C)C)ccc1OC. The molecule has 0 aliphatic carbocycles. The van der Waals surface area contributed by atoms with E-state index in [9.17, 15) is 16.8 Å². The lowest BCUT2D eigenvalue weighted by Gasteiger charge is -2.15. The third-order valence-corrected chi connectivity index (χ3v) is 6.15. The van der Waals surface area contributed by atoms with Gasteiger partial charge in [-0.3, -0.25) is 4.72 Å². The van der Waals surface area contributed by atoms with Crippen LogP contribution in [-0.2, 0) is 20.0 Å². The number of hydrogen-bond donors (Lipinski definition) is 1. The molecule has 1 aromatic carbocycles. The highest BCUT2D eigenvalue weighted by atomic mass is 32.2. The van der Waals surface area contributed by atoms with Crippen molar-refractivity contribution >= 4 is 25.7 Å². The molecule has 126 valence electrons. The maximum Gasteiger partial charge on any atom is 0.242 e. The van der Waals surface area contributed by atoms with Crippen molar-refractivity contribution in [2.75, 3.05) is 31.7 Å². The molecule has 0 fully saturated rings. The van der Waals surface area contributed by atoms with E-state index in [0.717, 1.165) is 10.7 Å². The zero-order valence-electron chi connectivity index (χ0n) is 13.2. The number of unbranched alkanes of at least 4 members (excludes halogenated alkanes) is 1. The predicted octanol–water partition coefficient (Wildman–Crippen LogP) is 1.49. The molecule has 0 heterocycles. The summed E-state index contributed by atoms with van der Waals surface area (Å²) in [6.07, 6.45) is 1.26. The van der Waals surface area contributed by atoms with Crippen molar-refractivity contribution in [1.29, 1.82) is 0 Å². The van der Waals surface area contributed by atoms with Crippen LogP contribution in [0, 0.1) is 0 Å². The molecule has 0 aliphatic heterocycles. The summed E-state index contributed by atoms with van der Waals surface area (Å²) in [5, 5.41) is 0. The zero-order valence-corrected chi connectivity index (χ0v) is 14.8. The smallest absolute Gasteiger partial charge is 0.242 e. The minimum Gasteiger partial charge on any atom is -0.495 e. The second kappa shape index (κ2) is 7.30. The minimum atomic E-state index is -3.65. The Labute approximate surface area is 132 Å². The van der Waals surface area contributed by atoms with Crippen LogP contribution >= 0.6 is 0 Å². The maximum absolute atomic E-state index is 12.1. The molecule has 0 unspecified atom stereocenters. The lowest BCUT2D eigenvalue weighted by molar-refractivity contribution is 0.416. The van der Waals surface area contributed by atoms with Gasteiger partial charge in [0.2, 0.25) is 20.0 Å². The first kappa shape index (κ1) is 18.7. The van der Waals surface area contributed by atoms with E-state index in [4.69, 9.17) is 4.74 Å². The Kier molecular flexibility index (Phi) is 6.21. The Morgan fingerprint density at radius 1 is 1.18 bits per heavy atom. The highest BCUT2D eigenvalue weighted by Gasteiger charge is 2.21. The summed E-state index contributed by atoms with van der Waals surface area (Å²) in [7, 11) is -3.00. The number of nitrogens with one attached hydrogen (secondary N) is 1. The van der Waals surface area contributed by atoms with Gasteiger partial charge < -0.3 is 4.74 Å². The molecule has 22 heavy (non-hydrogen) atoms. The molecule has 9 heteroatoms. The molecule has 0 aromatic heterocycles. The second-order valence-electron chi connectivity index (χ2n) is 4.92. The molecular formula is C13H22N2O5S2. The first-order valence-corrected chi connectivity index (χ1v) is 9.84. The number of anilines is 1. The molecule has 0 spiro atoms. The second-order valence-corrected chi connectivity index (χ2v) is 8.92. The summed E-state index contributed by atoms with van der Waals surface area (Å²) in [5.41, 5.74) is 0.113. The van der Waals surface area contributed by atoms with Gasteiger partial charge in [0.15, 0.2) is 0 Å². The van der Waals surface area contributed by atoms with Crippen molar-refractivity contribution < 1.29 is 21.6 Å². The van der Waals surface area contributed by atoms with E-state index in [1.807, 2.05) is 6.92 Å². The van der Waals surface area contributed by atoms with Crippen LogP contribution in [0.3, 0.4) is 0 Å². The number of ether oxygens (including phenoxy) is 1. The molecule has 0 radical (unpaired) electrons. The van der Waals surface area contributed by atoms with E-state index < -0.39 is 20.0 Å². The molecule has 0 saturated carbocycles. The van der Waals surface area contributed by atoms with Crippen molar-refractivity contribution in [1.82, 2.24) is 4.31 Å². The van der Waals surface area contributed by atoms with Crippen LogP contribution in [0.25, 0.3) is 0 Å². The van der Waals surface area contributed by atoms with E-state index in [2.05, 4.69) is 4.72 Å². The maximum atomic E-state index is 12.1. The molecule has 0 atom stereocenters. The lowest BCUT2D eigenvalue weighted by Crippen LogP contribution is -2.23. The van der Waals surface area contributed by atoms with Gasteiger partial charge >= 0.3 is 0 Å². The van der Waals surface area contributed by atoms with Gasteiger partial charge in [-0.25, -0.2) is 21.1 Å². The fourth-order valence-corrected chi connectivity index (χ4v) is 3.88. The van der Waals surface area contributed by atoms with Crippen LogP contribution < -0.4 is 9.46 Å². The van der Waals surface area contributed by atoms with Crippen molar-refractivity contribution in [2.24, 2.45) is 0 Å². The number of hydrogen-bond acceptors (Lipinski definition) is 5. The van der Waals surface area contributed by atoms with Crippen molar-refractivity contribution in [3.05, 3.63) is 18.2 Å². The Balaban J connectivity index is 3.24. The van der Waals surface area contributed by atoms with Crippen molar-refractivity contribution in [2.45, 2.75) is 24.7 Å². The number of benzene rings is 1. The molecule has 0 aliphatic rings. The number of methoxy groups -OCH3 is 1. The monoisotopic (exact) mass is 350 g/mol. The quantitative estimate of drug-likeness (QED) is 0.767. The fourth-order valence-electron chi connectivity index (χ4n) is 1.69. The summed E-state index contributed by atoms with van der Waals surface area (Å²) < 4.78 is 56.8. The Bertz CT molecular complexity index is 712. The number of rotatable bonds is 8. The third-order valence-electron chi connectivity index (χ3n) is 2.98. The van der Waals surface area contributed by atoms with Gasteiger partial charge in [-0.15, -0.1) is 0 Å². The molecule has 0 amide bonds. The first-order chi connectivity index (χ1) is 10.1. The van der Waals surface area contributed by atoms with Crippen LogP contribution in [0.5, 0.6) is 5.75 Å². The first-order valence-electron chi connectivity index (χ1n) is 6.75. The Morgan fingerprint density at radius 2 is 1.82 bits per heavy atom. The largest absolute Gasteiger partial charge is 0.495 e. The van der Waals surface area contributed by atoms with E-state index in [0.29, 0.717) is 6.42 Å². The van der Waals surface area contributed by atoms with E-state index in [-0.39, 0.29) is 22.1 Å². The van der Waals surface area contributed by atoms with Gasteiger partial charge in [-0.2, -0.15) is 0 Å². The minimum absolute atomic E-state index is 0.00788. The molecule has 0 saturated heterocycles. The van der Waals surface area contributed by atoms with Crippen molar-refractivity contribution in [3.63, 3.8) is 0 Å². The van der Waals surface area contributed by atoms with Gasteiger partial charge in [-0.05, 0) is 24.6 Å². The number of sulfonamides is 2. The molecule has 1 rings (SSSR count).